The van der Waals surface area contributed by atoms with Crippen molar-refractivity contribution >= 4 is 43.9 Å². The van der Waals surface area contributed by atoms with Crippen molar-refractivity contribution in [1.29, 1.82) is 0 Å². The Bertz CT molecular complexity index is 3070. The predicted octanol–water partition coefficient (Wildman–Crippen LogP) is 7.84. The molecular formula is C54H60F12N8O10S2. The lowest BCUT2D eigenvalue weighted by atomic mass is 9.76. The third-order valence-corrected chi connectivity index (χ3v) is 16.7. The molecule has 32 heteroatoms. The van der Waals surface area contributed by atoms with Crippen molar-refractivity contribution < 1.29 is 98.2 Å². The molecule has 6 atom stereocenters. The number of carbonyl (C=O) groups is 4. The minimum absolute atomic E-state index is 0.0528. The molecule has 6 N–H and O–H groups in total. The molecule has 0 bridgehead atoms. The maximum atomic E-state index is 13.4. The third kappa shape index (κ3) is 15.8. The minimum atomic E-state index is -5.01. The minimum Gasteiger partial charge on any atom is -0.372 e. The molecule has 4 fully saturated rings. The summed E-state index contributed by atoms with van der Waals surface area (Å²) in [6.45, 7) is 1.46. The molecule has 4 aromatic rings. The van der Waals surface area contributed by atoms with Crippen LogP contribution >= 0.6 is 0 Å². The number of urea groups is 2. The van der Waals surface area contributed by atoms with Crippen LogP contribution in [0.3, 0.4) is 0 Å². The van der Waals surface area contributed by atoms with Crippen LogP contribution in [0.2, 0.25) is 0 Å². The summed E-state index contributed by atoms with van der Waals surface area (Å²) in [5.41, 5.74) is -9.72. The lowest BCUT2D eigenvalue weighted by Gasteiger charge is -2.45. The molecule has 0 radical (unpaired) electrons. The predicted molar refractivity (Wildman–Crippen MR) is 284 cm³/mol. The number of halogens is 12. The lowest BCUT2D eigenvalue weighted by Crippen LogP contribution is -2.64. The van der Waals surface area contributed by atoms with E-state index in [1.165, 1.54) is 13.8 Å². The van der Waals surface area contributed by atoms with Gasteiger partial charge >= 0.3 is 36.8 Å². The Morgan fingerprint density at radius 1 is 0.500 bits per heavy atom. The fraction of sp³-hybridized carbons (Fsp3) is 0.481. The third-order valence-electron chi connectivity index (χ3n) is 15.3. The summed E-state index contributed by atoms with van der Waals surface area (Å²) in [6.07, 6.45) is -19.9. The standard InChI is InChI=1S/2C27H30F6N4O5S/c2*1-17(18-12-20(26(28,29)30)14-21(13-18)27(31,32)33)42-16-25(19-6-4-3-5-7-19)9-8-24(15-34-25)22(38)37(23(39)36-24)11-10-35-43(2,40)41/h2*3-7,12-14,17,34-35H,8-11,15-16H2,1-2H3,(H,36,39)/t17-,24+,25-;17-,24-,25-/m11/s1. The van der Waals surface area contributed by atoms with E-state index in [2.05, 4.69) is 30.7 Å². The van der Waals surface area contributed by atoms with E-state index in [0.717, 1.165) is 22.3 Å². The zero-order valence-corrected chi connectivity index (χ0v) is 47.8. The summed E-state index contributed by atoms with van der Waals surface area (Å²) in [5, 5.41) is 11.9. The molecule has 0 unspecified atom stereocenters. The Labute approximate surface area is 486 Å². The monoisotopic (exact) mass is 1270 g/mol. The van der Waals surface area contributed by atoms with Crippen molar-refractivity contribution in [3.05, 3.63) is 142 Å². The van der Waals surface area contributed by atoms with Gasteiger partial charge in [0.1, 0.15) is 11.1 Å². The highest BCUT2D eigenvalue weighted by Gasteiger charge is 2.57. The molecule has 4 heterocycles. The van der Waals surface area contributed by atoms with Crippen molar-refractivity contribution in [3.8, 4) is 0 Å². The molecule has 86 heavy (non-hydrogen) atoms. The van der Waals surface area contributed by atoms with E-state index < -0.39 is 125 Å². The second-order valence-electron chi connectivity index (χ2n) is 21.5. The molecule has 4 aliphatic rings. The van der Waals surface area contributed by atoms with Crippen molar-refractivity contribution in [1.82, 2.24) is 40.5 Å². The van der Waals surface area contributed by atoms with E-state index in [-0.39, 0.29) is 101 Å². The maximum absolute atomic E-state index is 13.4. The average molecular weight is 1270 g/mol. The van der Waals surface area contributed by atoms with Crippen LogP contribution in [-0.2, 0) is 74.9 Å². The number of alkyl halides is 12. The zero-order valence-electron chi connectivity index (χ0n) is 46.2. The quantitative estimate of drug-likeness (QED) is 0.0413. The number of benzene rings is 4. The number of hydrogen-bond acceptors (Lipinski definition) is 12. The van der Waals surface area contributed by atoms with E-state index in [1.807, 2.05) is 0 Å². The van der Waals surface area contributed by atoms with Gasteiger partial charge in [0.15, 0.2) is 0 Å². The number of ether oxygens (including phenoxy) is 2. The fourth-order valence-electron chi connectivity index (χ4n) is 10.4. The van der Waals surface area contributed by atoms with Gasteiger partial charge in [0.05, 0.1) is 71.3 Å². The summed E-state index contributed by atoms with van der Waals surface area (Å²) < 4.78 is 223. The number of nitrogens with zero attached hydrogens (tertiary/aromatic N) is 2. The number of piperidine rings is 2. The maximum Gasteiger partial charge on any atom is 0.416 e. The molecule has 0 aliphatic carbocycles. The first kappa shape index (κ1) is 67.1. The van der Waals surface area contributed by atoms with E-state index in [4.69, 9.17) is 9.47 Å². The molecular weight excluding hydrogens is 1210 g/mol. The van der Waals surface area contributed by atoms with Gasteiger partial charge in [0.2, 0.25) is 20.0 Å². The summed E-state index contributed by atoms with van der Waals surface area (Å²) in [4.78, 5) is 53.6. The Hall–Kier alpha value is -6.42. The Balaban J connectivity index is 0.000000246. The van der Waals surface area contributed by atoms with E-state index in [9.17, 15) is 88.7 Å². The topological polar surface area (TPSA) is 234 Å². The molecule has 4 aromatic carbocycles. The Morgan fingerprint density at radius 3 is 1.06 bits per heavy atom. The SMILES string of the molecule is C[C@@H](OC[C@@]1(c2ccccc2)CC[C@@]2(CN1)NC(=O)N(CCNS(C)(=O)=O)C2=O)c1cc(C(F)(F)F)cc(C(F)(F)F)c1.C[C@@H](OC[C@@]1(c2ccccc2)CC[C@]2(CN1)NC(=O)N(CCNS(C)(=O)=O)C2=O)c1cc(C(F)(F)F)cc(C(F)(F)F)c1. The largest absolute Gasteiger partial charge is 0.416 e. The number of carbonyl (C=O) groups excluding carboxylic acids is 4. The van der Waals surface area contributed by atoms with Gasteiger partial charge < -0.3 is 30.7 Å². The number of nitrogens with one attached hydrogen (secondary N) is 6. The van der Waals surface area contributed by atoms with Gasteiger partial charge in [-0.2, -0.15) is 52.7 Å². The second kappa shape index (κ2) is 25.0. The first-order valence-electron chi connectivity index (χ1n) is 26.3. The van der Waals surface area contributed by atoms with Crippen LogP contribution in [0.5, 0.6) is 0 Å². The first-order chi connectivity index (χ1) is 39.7. The zero-order chi connectivity index (χ0) is 63.7. The summed E-state index contributed by atoms with van der Waals surface area (Å²) in [5.74, 6) is -1.11. The Morgan fingerprint density at radius 2 is 0.802 bits per heavy atom. The number of sulfonamides is 2. The Kier molecular flexibility index (Phi) is 19.5. The van der Waals surface area contributed by atoms with Crippen molar-refractivity contribution in [2.45, 2.75) is 98.6 Å². The highest BCUT2D eigenvalue weighted by atomic mass is 32.2. The van der Waals surface area contributed by atoms with Gasteiger partial charge in [-0.1, -0.05) is 60.7 Å². The van der Waals surface area contributed by atoms with Crippen molar-refractivity contribution in [3.63, 3.8) is 0 Å². The first-order valence-corrected chi connectivity index (χ1v) is 30.1. The molecule has 4 saturated heterocycles. The lowest BCUT2D eigenvalue weighted by molar-refractivity contribution is -0.145. The van der Waals surface area contributed by atoms with Crippen LogP contribution < -0.4 is 30.7 Å². The van der Waals surface area contributed by atoms with Gasteiger partial charge in [0.25, 0.3) is 11.8 Å². The molecule has 472 valence electrons. The molecule has 8 rings (SSSR count). The van der Waals surface area contributed by atoms with Crippen LogP contribution in [0.1, 0.15) is 96.2 Å². The van der Waals surface area contributed by atoms with Crippen molar-refractivity contribution in [2.75, 3.05) is 65.0 Å². The van der Waals surface area contributed by atoms with E-state index in [0.29, 0.717) is 35.4 Å². The highest BCUT2D eigenvalue weighted by Crippen LogP contribution is 2.43. The van der Waals surface area contributed by atoms with Crippen molar-refractivity contribution in [2.24, 2.45) is 0 Å². The number of amides is 6. The fourth-order valence-corrected chi connectivity index (χ4v) is 11.4. The van der Waals surface area contributed by atoms with Crippen LogP contribution in [0.25, 0.3) is 0 Å². The number of rotatable bonds is 18. The normalized spacial score (nSPS) is 24.0. The van der Waals surface area contributed by atoms with E-state index >= 15 is 0 Å². The van der Waals surface area contributed by atoms with Gasteiger partial charge in [0, 0.05) is 39.3 Å². The number of hydrogen-bond donors (Lipinski definition) is 6. The molecule has 18 nitrogen and oxygen atoms in total. The highest BCUT2D eigenvalue weighted by molar-refractivity contribution is 7.89. The molecule has 0 saturated carbocycles. The molecule has 0 aromatic heterocycles. The van der Waals surface area contributed by atoms with Crippen LogP contribution in [0.15, 0.2) is 97.1 Å². The smallest absolute Gasteiger partial charge is 0.372 e. The molecule has 2 spiro atoms. The van der Waals surface area contributed by atoms with Crippen LogP contribution in [0, 0.1) is 0 Å². The molecule has 4 aliphatic heterocycles. The van der Waals surface area contributed by atoms with E-state index in [1.54, 1.807) is 60.7 Å². The summed E-state index contributed by atoms with van der Waals surface area (Å²) >= 11 is 0. The number of imide groups is 2. The second-order valence-corrected chi connectivity index (χ2v) is 25.1. The van der Waals surface area contributed by atoms with Gasteiger partial charge in [-0.15, -0.1) is 0 Å². The van der Waals surface area contributed by atoms with Gasteiger partial charge in [-0.25, -0.2) is 35.9 Å². The van der Waals surface area contributed by atoms with Gasteiger partial charge in [-0.3, -0.25) is 19.4 Å². The summed E-state index contributed by atoms with van der Waals surface area (Å²) in [6, 6.07) is 18.8. The summed E-state index contributed by atoms with van der Waals surface area (Å²) in [7, 11) is -7.08. The molecule has 6 amide bonds. The van der Waals surface area contributed by atoms with Crippen LogP contribution in [-0.4, -0.2) is 127 Å². The average Bonchev–Trinajstić information content (AvgIpc) is 1.54. The van der Waals surface area contributed by atoms with Crippen LogP contribution in [0.4, 0.5) is 62.3 Å². The van der Waals surface area contributed by atoms with Gasteiger partial charge in [-0.05, 0) is 98.2 Å².